The van der Waals surface area contributed by atoms with E-state index >= 15 is 4.39 Å². The quantitative estimate of drug-likeness (QED) is 0.567. The predicted molar refractivity (Wildman–Crippen MR) is 114 cm³/mol. The highest BCUT2D eigenvalue weighted by Crippen LogP contribution is 2.24. The van der Waals surface area contributed by atoms with Gasteiger partial charge in [-0.25, -0.2) is 9.37 Å². The molecule has 4 heterocycles. The van der Waals surface area contributed by atoms with Crippen LogP contribution in [-0.2, 0) is 13.0 Å². The number of nitrogens with zero attached hydrogens (tertiary/aromatic N) is 3. The van der Waals surface area contributed by atoms with Gasteiger partial charge in [-0.3, -0.25) is 19.5 Å². The Kier molecular flexibility index (Phi) is 6.13. The first kappa shape index (κ1) is 21.8. The van der Waals surface area contributed by atoms with Crippen LogP contribution in [0.5, 0.6) is 5.75 Å². The standard InChI is InChI=1S/C22H23F2N5O3/c1-3-12-8-16-19(28-21(12)30)18(23)13(9-26-16)10-29-7-6-14(11-29)32-17-5-4-15(22(31)25-2)27-20(17)24/h4-5,8-9,14H,3,6-7,10-11H2,1-2H3,(H,25,31)(H,28,30). The number of likely N-dealkylation sites (tertiary alicyclic amines) is 1. The molecule has 0 bridgehead atoms. The van der Waals surface area contributed by atoms with E-state index in [0.717, 1.165) is 0 Å². The number of ether oxygens (including phenoxy) is 1. The van der Waals surface area contributed by atoms with Gasteiger partial charge in [-0.15, -0.1) is 0 Å². The molecule has 168 valence electrons. The smallest absolute Gasteiger partial charge is 0.269 e. The lowest BCUT2D eigenvalue weighted by Crippen LogP contribution is -2.26. The number of hydrogen-bond donors (Lipinski definition) is 2. The topological polar surface area (TPSA) is 100 Å². The Morgan fingerprint density at radius 3 is 2.88 bits per heavy atom. The molecule has 32 heavy (non-hydrogen) atoms. The maximum atomic E-state index is 15.0. The molecule has 3 aromatic rings. The highest BCUT2D eigenvalue weighted by molar-refractivity contribution is 5.92. The monoisotopic (exact) mass is 443 g/mol. The average Bonchev–Trinajstić information content (AvgIpc) is 3.23. The fourth-order valence-corrected chi connectivity index (χ4v) is 3.79. The summed E-state index contributed by atoms with van der Waals surface area (Å²) < 4.78 is 34.9. The van der Waals surface area contributed by atoms with Gasteiger partial charge in [0.25, 0.3) is 17.4 Å². The minimum Gasteiger partial charge on any atom is -0.484 e. The Balaban J connectivity index is 1.44. The number of rotatable bonds is 6. The van der Waals surface area contributed by atoms with E-state index < -0.39 is 17.7 Å². The molecule has 2 N–H and O–H groups in total. The fourth-order valence-electron chi connectivity index (χ4n) is 3.79. The number of halogens is 2. The third kappa shape index (κ3) is 4.31. The second kappa shape index (κ2) is 8.99. The zero-order valence-corrected chi connectivity index (χ0v) is 17.7. The van der Waals surface area contributed by atoms with Crippen molar-refractivity contribution in [2.75, 3.05) is 20.1 Å². The van der Waals surface area contributed by atoms with Crippen LogP contribution >= 0.6 is 0 Å². The minimum absolute atomic E-state index is 0.0335. The Morgan fingerprint density at radius 2 is 2.16 bits per heavy atom. The van der Waals surface area contributed by atoms with Gasteiger partial charge in [0.15, 0.2) is 11.6 Å². The van der Waals surface area contributed by atoms with E-state index in [1.807, 2.05) is 11.8 Å². The molecule has 1 unspecified atom stereocenters. The number of aromatic nitrogens is 3. The van der Waals surface area contributed by atoms with Crippen LogP contribution in [0.3, 0.4) is 0 Å². The molecule has 4 rings (SSSR count). The van der Waals surface area contributed by atoms with Gasteiger partial charge in [0.1, 0.15) is 17.3 Å². The van der Waals surface area contributed by atoms with Crippen LogP contribution < -0.4 is 15.6 Å². The van der Waals surface area contributed by atoms with Gasteiger partial charge in [0.05, 0.1) is 5.52 Å². The molecule has 10 heteroatoms. The SMILES string of the molecule is CCc1cc2ncc(CN3CCC(Oc4ccc(C(=O)NC)nc4F)C3)c(F)c2[nH]c1=O. The average molecular weight is 443 g/mol. The molecule has 1 saturated heterocycles. The van der Waals surface area contributed by atoms with Crippen LogP contribution in [0.4, 0.5) is 8.78 Å². The zero-order valence-electron chi connectivity index (χ0n) is 17.7. The molecule has 0 aromatic carbocycles. The van der Waals surface area contributed by atoms with Gasteiger partial charge in [0.2, 0.25) is 0 Å². The van der Waals surface area contributed by atoms with Crippen molar-refractivity contribution in [1.29, 1.82) is 0 Å². The lowest BCUT2D eigenvalue weighted by Gasteiger charge is -2.18. The number of pyridine rings is 3. The molecule has 8 nitrogen and oxygen atoms in total. The molecule has 0 aliphatic carbocycles. The third-order valence-corrected chi connectivity index (χ3v) is 5.53. The van der Waals surface area contributed by atoms with E-state index in [0.29, 0.717) is 42.6 Å². The molecule has 0 radical (unpaired) electrons. The lowest BCUT2D eigenvalue weighted by atomic mass is 10.1. The number of carbonyl (C=O) groups excluding carboxylic acids is 1. The van der Waals surface area contributed by atoms with Crippen molar-refractivity contribution in [3.63, 3.8) is 0 Å². The van der Waals surface area contributed by atoms with E-state index in [2.05, 4.69) is 20.3 Å². The number of nitrogens with one attached hydrogen (secondary N) is 2. The number of H-pyrrole nitrogens is 1. The van der Waals surface area contributed by atoms with E-state index in [1.54, 1.807) is 6.07 Å². The summed E-state index contributed by atoms with van der Waals surface area (Å²) in [6.07, 6.45) is 2.33. The maximum Gasteiger partial charge on any atom is 0.269 e. The summed E-state index contributed by atoms with van der Waals surface area (Å²) in [6, 6.07) is 4.38. The molecular weight excluding hydrogens is 420 g/mol. The first-order valence-corrected chi connectivity index (χ1v) is 10.4. The highest BCUT2D eigenvalue weighted by Gasteiger charge is 2.26. The summed E-state index contributed by atoms with van der Waals surface area (Å²) in [5.74, 6) is -1.88. The molecular formula is C22H23F2N5O3. The molecule has 1 aliphatic heterocycles. The van der Waals surface area contributed by atoms with Gasteiger partial charge in [0, 0.05) is 44.0 Å². The van der Waals surface area contributed by atoms with Gasteiger partial charge in [-0.1, -0.05) is 6.92 Å². The summed E-state index contributed by atoms with van der Waals surface area (Å²) in [5, 5.41) is 2.38. The molecule has 1 fully saturated rings. The summed E-state index contributed by atoms with van der Waals surface area (Å²) in [4.78, 5) is 36.1. The van der Waals surface area contributed by atoms with Gasteiger partial charge in [-0.05, 0) is 31.0 Å². The molecule has 3 aromatic heterocycles. The Hall–Kier alpha value is -3.40. The van der Waals surface area contributed by atoms with Crippen LogP contribution in [0.25, 0.3) is 11.0 Å². The summed E-state index contributed by atoms with van der Waals surface area (Å²) in [7, 11) is 1.44. The minimum atomic E-state index is -0.857. The van der Waals surface area contributed by atoms with Crippen molar-refractivity contribution < 1.29 is 18.3 Å². The molecule has 0 spiro atoms. The Bertz CT molecular complexity index is 1230. The van der Waals surface area contributed by atoms with Crippen molar-refractivity contribution in [3.8, 4) is 5.75 Å². The van der Waals surface area contributed by atoms with Crippen molar-refractivity contribution in [3.05, 3.63) is 63.3 Å². The van der Waals surface area contributed by atoms with Crippen LogP contribution in [0, 0.1) is 11.8 Å². The van der Waals surface area contributed by atoms with Crippen molar-refractivity contribution in [2.45, 2.75) is 32.4 Å². The number of aryl methyl sites for hydroxylation is 1. The van der Waals surface area contributed by atoms with Crippen molar-refractivity contribution >= 4 is 16.9 Å². The number of carbonyl (C=O) groups is 1. The maximum absolute atomic E-state index is 15.0. The van der Waals surface area contributed by atoms with Crippen LogP contribution in [0.15, 0.2) is 29.2 Å². The summed E-state index contributed by atoms with van der Waals surface area (Å²) in [6.45, 7) is 3.21. The summed E-state index contributed by atoms with van der Waals surface area (Å²) in [5.41, 5.74) is 1.08. The zero-order chi connectivity index (χ0) is 22.8. The normalized spacial score (nSPS) is 16.4. The van der Waals surface area contributed by atoms with Crippen molar-refractivity contribution in [1.82, 2.24) is 25.2 Å². The van der Waals surface area contributed by atoms with Gasteiger partial charge >= 0.3 is 0 Å². The Morgan fingerprint density at radius 1 is 1.34 bits per heavy atom. The van der Waals surface area contributed by atoms with Crippen LogP contribution in [0.2, 0.25) is 0 Å². The van der Waals surface area contributed by atoms with Gasteiger partial charge in [-0.2, -0.15) is 4.39 Å². The van der Waals surface area contributed by atoms with Crippen molar-refractivity contribution in [2.24, 2.45) is 0 Å². The second-order valence-electron chi connectivity index (χ2n) is 7.66. The number of fused-ring (bicyclic) bond motifs is 1. The molecule has 0 saturated carbocycles. The van der Waals surface area contributed by atoms with E-state index in [1.165, 1.54) is 25.4 Å². The molecule has 1 aliphatic rings. The van der Waals surface area contributed by atoms with E-state index in [4.69, 9.17) is 4.74 Å². The Labute approximate surface area is 182 Å². The number of hydrogen-bond acceptors (Lipinski definition) is 6. The van der Waals surface area contributed by atoms with E-state index in [9.17, 15) is 14.0 Å². The lowest BCUT2D eigenvalue weighted by molar-refractivity contribution is 0.0956. The van der Waals surface area contributed by atoms with Crippen LogP contribution in [-0.4, -0.2) is 52.0 Å². The first-order valence-electron chi connectivity index (χ1n) is 10.4. The fraction of sp³-hybridized carbons (Fsp3) is 0.364. The summed E-state index contributed by atoms with van der Waals surface area (Å²) >= 11 is 0. The highest BCUT2D eigenvalue weighted by atomic mass is 19.1. The largest absolute Gasteiger partial charge is 0.484 e. The van der Waals surface area contributed by atoms with Crippen LogP contribution in [0.1, 0.15) is 35.0 Å². The second-order valence-corrected chi connectivity index (χ2v) is 7.66. The molecule has 1 atom stereocenters. The number of amides is 1. The number of aromatic amines is 1. The van der Waals surface area contributed by atoms with Gasteiger partial charge < -0.3 is 15.0 Å². The third-order valence-electron chi connectivity index (χ3n) is 5.53. The first-order chi connectivity index (χ1) is 15.4. The van der Waals surface area contributed by atoms with E-state index in [-0.39, 0.29) is 35.2 Å². The predicted octanol–water partition coefficient (Wildman–Crippen LogP) is 2.17. The molecule has 1 amide bonds.